The third kappa shape index (κ3) is 5.71. The molecular weight excluding hydrogens is 501 g/mol. The van der Waals surface area contributed by atoms with E-state index in [2.05, 4.69) is 15.8 Å². The molecule has 2 amide bonds. The third-order valence-electron chi connectivity index (χ3n) is 5.30. The highest BCUT2D eigenvalue weighted by molar-refractivity contribution is 6.40. The average molecular weight is 520 g/mol. The van der Waals surface area contributed by atoms with Gasteiger partial charge in [-0.2, -0.15) is 5.10 Å². The van der Waals surface area contributed by atoms with Crippen LogP contribution in [0, 0.1) is 6.92 Å². The standard InChI is InChI=1S/C27H19Cl2N3O4/c1-16-22(29)7-4-8-23(16)31-25(33)26(34)32-30-15-21-20-6-3-2-5-17(20)11-14-24(21)36-27(35)18-9-12-19(28)13-10-18/h2-15H,1H3,(H,31,33)(H,32,34). The first-order chi connectivity index (χ1) is 17.3. The molecule has 4 aromatic rings. The molecule has 2 N–H and O–H groups in total. The lowest BCUT2D eigenvalue weighted by Gasteiger charge is -2.11. The summed E-state index contributed by atoms with van der Waals surface area (Å²) < 4.78 is 5.61. The van der Waals surface area contributed by atoms with E-state index in [4.69, 9.17) is 27.9 Å². The third-order valence-corrected chi connectivity index (χ3v) is 5.96. The van der Waals surface area contributed by atoms with E-state index >= 15 is 0 Å². The zero-order valence-electron chi connectivity index (χ0n) is 18.9. The molecule has 9 heteroatoms. The van der Waals surface area contributed by atoms with Gasteiger partial charge in [0.2, 0.25) is 0 Å². The molecule has 180 valence electrons. The van der Waals surface area contributed by atoms with Crippen molar-refractivity contribution in [1.82, 2.24) is 5.43 Å². The number of nitrogens with zero attached hydrogens (tertiary/aromatic N) is 1. The number of carbonyl (C=O) groups excluding carboxylic acids is 3. The lowest BCUT2D eigenvalue weighted by molar-refractivity contribution is -0.136. The van der Waals surface area contributed by atoms with Gasteiger partial charge in [-0.25, -0.2) is 10.2 Å². The summed E-state index contributed by atoms with van der Waals surface area (Å²) in [4.78, 5) is 37.3. The smallest absolute Gasteiger partial charge is 0.343 e. The van der Waals surface area contributed by atoms with E-state index in [-0.39, 0.29) is 5.75 Å². The fourth-order valence-corrected chi connectivity index (χ4v) is 3.67. The summed E-state index contributed by atoms with van der Waals surface area (Å²) >= 11 is 11.9. The lowest BCUT2D eigenvalue weighted by Crippen LogP contribution is -2.32. The van der Waals surface area contributed by atoms with Crippen LogP contribution < -0.4 is 15.5 Å². The first-order valence-electron chi connectivity index (χ1n) is 10.7. The molecule has 0 aliphatic carbocycles. The Labute approximate surface area is 216 Å². The molecule has 0 heterocycles. The second kappa shape index (κ2) is 11.0. The number of hydrogen-bond acceptors (Lipinski definition) is 5. The highest BCUT2D eigenvalue weighted by Gasteiger charge is 2.16. The van der Waals surface area contributed by atoms with Gasteiger partial charge in [-0.05, 0) is 65.7 Å². The maximum absolute atomic E-state index is 12.7. The summed E-state index contributed by atoms with van der Waals surface area (Å²) in [5.41, 5.74) is 4.01. The summed E-state index contributed by atoms with van der Waals surface area (Å²) in [5.74, 6) is -2.25. The number of hydrogen-bond donors (Lipinski definition) is 2. The largest absolute Gasteiger partial charge is 0.422 e. The number of carbonyl (C=O) groups is 3. The van der Waals surface area contributed by atoms with Crippen molar-refractivity contribution in [2.24, 2.45) is 5.10 Å². The molecule has 0 saturated heterocycles. The Morgan fingerprint density at radius 2 is 1.61 bits per heavy atom. The zero-order chi connectivity index (χ0) is 25.7. The van der Waals surface area contributed by atoms with Crippen LogP contribution in [0.2, 0.25) is 10.0 Å². The first-order valence-corrected chi connectivity index (χ1v) is 11.5. The summed E-state index contributed by atoms with van der Waals surface area (Å²) in [6.45, 7) is 1.72. The van der Waals surface area contributed by atoms with Crippen molar-refractivity contribution in [3.05, 3.63) is 106 Å². The number of rotatable bonds is 5. The number of amides is 2. The number of nitrogens with one attached hydrogen (secondary N) is 2. The van der Waals surface area contributed by atoms with Crippen molar-refractivity contribution in [2.75, 3.05) is 5.32 Å². The quantitative estimate of drug-likeness (QED) is 0.115. The van der Waals surface area contributed by atoms with Crippen LogP contribution in [0.3, 0.4) is 0 Å². The minimum atomic E-state index is -0.981. The predicted octanol–water partition coefficient (Wildman–Crippen LogP) is 5.76. The molecule has 0 radical (unpaired) electrons. The molecular formula is C27H19Cl2N3O4. The van der Waals surface area contributed by atoms with Gasteiger partial charge < -0.3 is 10.1 Å². The lowest BCUT2D eigenvalue weighted by atomic mass is 10.0. The summed E-state index contributed by atoms with van der Waals surface area (Å²) in [7, 11) is 0. The molecule has 0 aliphatic heterocycles. The van der Waals surface area contributed by atoms with E-state index in [1.54, 1.807) is 61.5 Å². The van der Waals surface area contributed by atoms with Gasteiger partial charge in [0.15, 0.2) is 0 Å². The SMILES string of the molecule is Cc1c(Cl)cccc1NC(=O)C(=O)NN=Cc1c(OC(=O)c2ccc(Cl)cc2)ccc2ccccc12. The van der Waals surface area contributed by atoms with Crippen molar-refractivity contribution in [3.63, 3.8) is 0 Å². The Hall–Kier alpha value is -4.20. The van der Waals surface area contributed by atoms with Gasteiger partial charge in [-0.1, -0.05) is 59.6 Å². The van der Waals surface area contributed by atoms with Crippen molar-refractivity contribution in [1.29, 1.82) is 0 Å². The number of benzene rings is 4. The number of ether oxygens (including phenoxy) is 1. The summed E-state index contributed by atoms with van der Waals surface area (Å²) in [5, 5.41) is 8.98. The number of fused-ring (bicyclic) bond motifs is 1. The van der Waals surface area contributed by atoms with E-state index in [1.165, 1.54) is 6.21 Å². The van der Waals surface area contributed by atoms with Gasteiger partial charge in [0.1, 0.15) is 5.75 Å². The number of esters is 1. The molecule has 0 bridgehead atoms. The summed E-state index contributed by atoms with van der Waals surface area (Å²) in [6, 6.07) is 22.1. The second-order valence-electron chi connectivity index (χ2n) is 7.66. The van der Waals surface area contributed by atoms with E-state index < -0.39 is 17.8 Å². The fourth-order valence-electron chi connectivity index (χ4n) is 3.37. The number of halogens is 2. The normalized spacial score (nSPS) is 10.9. The van der Waals surface area contributed by atoms with Gasteiger partial charge in [0, 0.05) is 21.3 Å². The molecule has 0 atom stereocenters. The van der Waals surface area contributed by atoms with Gasteiger partial charge in [0.25, 0.3) is 0 Å². The Morgan fingerprint density at radius 3 is 2.39 bits per heavy atom. The molecule has 0 unspecified atom stereocenters. The van der Waals surface area contributed by atoms with Crippen molar-refractivity contribution >= 4 is 63.7 Å². The molecule has 0 aliphatic rings. The van der Waals surface area contributed by atoms with E-state index in [0.717, 1.165) is 10.8 Å². The molecule has 4 rings (SSSR count). The second-order valence-corrected chi connectivity index (χ2v) is 8.50. The molecule has 0 saturated carbocycles. The average Bonchev–Trinajstić information content (AvgIpc) is 2.88. The van der Waals surface area contributed by atoms with Crippen LogP contribution in [0.15, 0.2) is 84.0 Å². The van der Waals surface area contributed by atoms with E-state index in [0.29, 0.717) is 32.4 Å². The minimum absolute atomic E-state index is 0.227. The molecule has 36 heavy (non-hydrogen) atoms. The van der Waals surface area contributed by atoms with Gasteiger partial charge in [-0.15, -0.1) is 0 Å². The van der Waals surface area contributed by atoms with Crippen LogP contribution in [0.5, 0.6) is 5.75 Å². The first kappa shape index (κ1) is 24.9. The molecule has 4 aromatic carbocycles. The Balaban J connectivity index is 1.54. The molecule has 0 spiro atoms. The highest BCUT2D eigenvalue weighted by Crippen LogP contribution is 2.28. The Bertz CT molecular complexity index is 1500. The van der Waals surface area contributed by atoms with Crippen LogP contribution in [0.1, 0.15) is 21.5 Å². The van der Waals surface area contributed by atoms with Crippen LogP contribution in [0.25, 0.3) is 10.8 Å². The van der Waals surface area contributed by atoms with Crippen LogP contribution in [-0.2, 0) is 9.59 Å². The predicted molar refractivity (Wildman–Crippen MR) is 141 cm³/mol. The summed E-state index contributed by atoms with van der Waals surface area (Å²) in [6.07, 6.45) is 1.32. The van der Waals surface area contributed by atoms with E-state index in [1.807, 2.05) is 24.3 Å². The van der Waals surface area contributed by atoms with Crippen molar-refractivity contribution in [3.8, 4) is 5.75 Å². The van der Waals surface area contributed by atoms with Crippen LogP contribution in [-0.4, -0.2) is 24.0 Å². The Morgan fingerprint density at radius 1 is 0.861 bits per heavy atom. The topological polar surface area (TPSA) is 96.9 Å². The van der Waals surface area contributed by atoms with Crippen molar-refractivity contribution < 1.29 is 19.1 Å². The Kier molecular flexibility index (Phi) is 7.63. The maximum atomic E-state index is 12.7. The van der Waals surface area contributed by atoms with Crippen LogP contribution in [0.4, 0.5) is 5.69 Å². The highest BCUT2D eigenvalue weighted by atomic mass is 35.5. The number of hydrazone groups is 1. The van der Waals surface area contributed by atoms with Crippen molar-refractivity contribution in [2.45, 2.75) is 6.92 Å². The minimum Gasteiger partial charge on any atom is -0.422 e. The maximum Gasteiger partial charge on any atom is 0.343 e. The van der Waals surface area contributed by atoms with Crippen LogP contribution >= 0.6 is 23.2 Å². The monoisotopic (exact) mass is 519 g/mol. The van der Waals surface area contributed by atoms with Gasteiger partial charge in [-0.3, -0.25) is 9.59 Å². The van der Waals surface area contributed by atoms with Gasteiger partial charge >= 0.3 is 17.8 Å². The molecule has 7 nitrogen and oxygen atoms in total. The van der Waals surface area contributed by atoms with E-state index in [9.17, 15) is 14.4 Å². The van der Waals surface area contributed by atoms with Gasteiger partial charge in [0.05, 0.1) is 11.8 Å². The molecule has 0 aromatic heterocycles. The molecule has 0 fully saturated rings. The zero-order valence-corrected chi connectivity index (χ0v) is 20.4. The fraction of sp³-hybridized carbons (Fsp3) is 0.0370. The number of anilines is 1.